The molecule has 0 rings (SSSR count). The molecule has 0 unspecified atom stereocenters. The molecular weight excluding hydrogens is 270 g/mol. The molecule has 0 fully saturated rings. The minimum absolute atomic E-state index is 0. The number of nitrogens with zero attached hydrogens (tertiary/aromatic N) is 1. The molecule has 0 amide bonds. The van der Waals surface area contributed by atoms with E-state index in [9.17, 15) is 0 Å². The molecule has 0 spiro atoms. The second kappa shape index (κ2) is 13.9. The van der Waals surface area contributed by atoms with Crippen molar-refractivity contribution in [3.8, 4) is 0 Å². The predicted octanol–water partition coefficient (Wildman–Crippen LogP) is -0.185. The predicted molar refractivity (Wildman–Crippen MR) is 68.8 cm³/mol. The molecule has 0 heterocycles. The van der Waals surface area contributed by atoms with Crippen molar-refractivity contribution in [1.82, 2.24) is 4.90 Å². The minimum Gasteiger partial charge on any atom is -0.394 e. The van der Waals surface area contributed by atoms with Crippen molar-refractivity contribution in [2.75, 3.05) is 19.6 Å². The summed E-state index contributed by atoms with van der Waals surface area (Å²) in [5.41, 5.74) is 0. The van der Waals surface area contributed by atoms with Crippen LogP contribution in [0, 0.1) is 0 Å². The van der Waals surface area contributed by atoms with Gasteiger partial charge >= 0.3 is 0 Å². The third-order valence-electron chi connectivity index (χ3n) is 1.57. The molecule has 110 valence electrons. The second-order valence-corrected chi connectivity index (χ2v) is 4.86. The van der Waals surface area contributed by atoms with Crippen molar-refractivity contribution in [3.05, 3.63) is 0 Å². The van der Waals surface area contributed by atoms with Crippen LogP contribution in [0.2, 0.25) is 0 Å². The molecule has 0 aromatic carbocycles. The van der Waals surface area contributed by atoms with E-state index < -0.39 is 18.3 Å². The van der Waals surface area contributed by atoms with Gasteiger partial charge < -0.3 is 20.4 Å². The molecule has 0 saturated heterocycles. The van der Waals surface area contributed by atoms with Gasteiger partial charge in [0, 0.05) is 47.5 Å². The Morgan fingerprint density at radius 1 is 0.667 bits per heavy atom. The molecule has 6 heteroatoms. The maximum atomic E-state index is 9.14. The molecule has 0 saturated carbocycles. The van der Waals surface area contributed by atoms with E-state index in [0.29, 0.717) is 19.6 Å². The van der Waals surface area contributed by atoms with Crippen molar-refractivity contribution < 1.29 is 42.1 Å². The Hall–Kier alpha value is 0.514. The molecule has 0 aromatic rings. The van der Waals surface area contributed by atoms with E-state index in [4.69, 9.17) is 20.4 Å². The van der Waals surface area contributed by atoms with Crippen molar-refractivity contribution in [2.45, 2.75) is 59.0 Å². The monoisotopic (exact) mass is 299 g/mol. The normalized spacial score (nSPS) is 15.5. The Labute approximate surface area is 126 Å². The maximum absolute atomic E-state index is 9.14. The first-order chi connectivity index (χ1) is 7.65. The van der Waals surface area contributed by atoms with E-state index in [1.807, 2.05) is 4.90 Å². The van der Waals surface area contributed by atoms with Crippen LogP contribution in [-0.2, 0) is 21.7 Å². The first kappa shape index (κ1) is 23.6. The standard InChI is InChI=1S/C9H21NO3.C3H8O.Ti/c1-7(11)4-10(5-8(2)12)6-9(3)13;1-3(2)4;/h7-9,11-13H,4-6H2,1-3H3;3-4H,1-2H3;/t7-,8-,9-;;/m1../s1. The number of rotatable bonds is 6. The minimum atomic E-state index is -0.433. The molecule has 0 bridgehead atoms. The Morgan fingerprint density at radius 2 is 0.833 bits per heavy atom. The van der Waals surface area contributed by atoms with Crippen LogP contribution in [0.25, 0.3) is 0 Å². The van der Waals surface area contributed by atoms with Gasteiger partial charge in [0.05, 0.1) is 18.3 Å². The SMILES string of the molecule is CC(C)O.C[C@@H](O)CN(C[C@@H](C)O)C[C@@H](C)O.[Ti]. The van der Waals surface area contributed by atoms with Crippen LogP contribution in [0.15, 0.2) is 0 Å². The van der Waals surface area contributed by atoms with Crippen molar-refractivity contribution >= 4 is 0 Å². The summed E-state index contributed by atoms with van der Waals surface area (Å²) in [6, 6.07) is 0. The zero-order chi connectivity index (χ0) is 14.0. The molecule has 4 N–H and O–H groups in total. The van der Waals surface area contributed by atoms with Crippen LogP contribution in [0.5, 0.6) is 0 Å². The first-order valence-corrected chi connectivity index (χ1v) is 6.09. The molecule has 18 heavy (non-hydrogen) atoms. The fraction of sp³-hybridized carbons (Fsp3) is 1.00. The van der Waals surface area contributed by atoms with Crippen molar-refractivity contribution in [2.24, 2.45) is 0 Å². The van der Waals surface area contributed by atoms with E-state index in [0.717, 1.165) is 0 Å². The van der Waals surface area contributed by atoms with Gasteiger partial charge in [-0.05, 0) is 34.6 Å². The van der Waals surface area contributed by atoms with Gasteiger partial charge in [0.1, 0.15) is 0 Å². The zero-order valence-electron chi connectivity index (χ0n) is 12.2. The summed E-state index contributed by atoms with van der Waals surface area (Å²) >= 11 is 0. The molecule has 0 aliphatic carbocycles. The van der Waals surface area contributed by atoms with Gasteiger partial charge in [-0.3, -0.25) is 4.90 Å². The van der Waals surface area contributed by atoms with Crippen LogP contribution in [0.4, 0.5) is 0 Å². The maximum Gasteiger partial charge on any atom is 0.0639 e. The van der Waals surface area contributed by atoms with E-state index in [1.165, 1.54) is 0 Å². The number of hydrogen-bond acceptors (Lipinski definition) is 5. The average Bonchev–Trinajstić information content (AvgIpc) is 1.96. The number of aliphatic hydroxyl groups excluding tert-OH is 4. The molecule has 0 aliphatic rings. The van der Waals surface area contributed by atoms with E-state index in [2.05, 4.69) is 0 Å². The molecule has 3 atom stereocenters. The summed E-state index contributed by atoms with van der Waals surface area (Å²) < 4.78 is 0. The summed E-state index contributed by atoms with van der Waals surface area (Å²) in [6.45, 7) is 9.96. The van der Waals surface area contributed by atoms with Crippen LogP contribution < -0.4 is 0 Å². The third kappa shape index (κ3) is 25.4. The van der Waals surface area contributed by atoms with Gasteiger partial charge in [-0.25, -0.2) is 0 Å². The summed E-state index contributed by atoms with van der Waals surface area (Å²) in [4.78, 5) is 1.85. The van der Waals surface area contributed by atoms with Gasteiger partial charge in [-0.1, -0.05) is 0 Å². The summed E-state index contributed by atoms with van der Waals surface area (Å²) in [6.07, 6.45) is -1.47. The number of hydrogen-bond donors (Lipinski definition) is 4. The van der Waals surface area contributed by atoms with Crippen LogP contribution in [-0.4, -0.2) is 69.4 Å². The molecule has 5 nitrogen and oxygen atoms in total. The average molecular weight is 299 g/mol. The first-order valence-electron chi connectivity index (χ1n) is 6.09. The molecule has 0 radical (unpaired) electrons. The van der Waals surface area contributed by atoms with Crippen LogP contribution in [0.1, 0.15) is 34.6 Å². The summed E-state index contributed by atoms with van der Waals surface area (Å²) in [5, 5.41) is 35.5. The van der Waals surface area contributed by atoms with Crippen LogP contribution >= 0.6 is 0 Å². The van der Waals surface area contributed by atoms with Crippen molar-refractivity contribution in [3.63, 3.8) is 0 Å². The third-order valence-corrected chi connectivity index (χ3v) is 1.57. The van der Waals surface area contributed by atoms with E-state index >= 15 is 0 Å². The second-order valence-electron chi connectivity index (χ2n) is 4.86. The van der Waals surface area contributed by atoms with Gasteiger partial charge in [-0.15, -0.1) is 0 Å². The molecule has 0 aliphatic heterocycles. The van der Waals surface area contributed by atoms with Crippen molar-refractivity contribution in [1.29, 1.82) is 0 Å². The van der Waals surface area contributed by atoms with Crippen LogP contribution in [0.3, 0.4) is 0 Å². The topological polar surface area (TPSA) is 84.2 Å². The Bertz CT molecular complexity index is 140. The molecule has 0 aromatic heterocycles. The van der Waals surface area contributed by atoms with Gasteiger partial charge in [0.15, 0.2) is 0 Å². The summed E-state index contributed by atoms with van der Waals surface area (Å²) in [5.74, 6) is 0. The zero-order valence-corrected chi connectivity index (χ0v) is 13.7. The quantitative estimate of drug-likeness (QED) is 0.511. The van der Waals surface area contributed by atoms with Gasteiger partial charge in [-0.2, -0.15) is 0 Å². The Morgan fingerprint density at radius 3 is 0.944 bits per heavy atom. The largest absolute Gasteiger partial charge is 0.394 e. The number of aliphatic hydroxyl groups is 4. The fourth-order valence-electron chi connectivity index (χ4n) is 1.34. The fourth-order valence-corrected chi connectivity index (χ4v) is 1.34. The van der Waals surface area contributed by atoms with E-state index in [1.54, 1.807) is 34.6 Å². The van der Waals surface area contributed by atoms with Gasteiger partial charge in [0.25, 0.3) is 0 Å². The molecular formula is C12H29NO4Ti. The van der Waals surface area contributed by atoms with Gasteiger partial charge in [0.2, 0.25) is 0 Å². The smallest absolute Gasteiger partial charge is 0.0639 e. The summed E-state index contributed by atoms with van der Waals surface area (Å²) in [7, 11) is 0. The van der Waals surface area contributed by atoms with E-state index in [-0.39, 0.29) is 27.8 Å². The Balaban J connectivity index is -0.000000392. The Kier molecular flexibility index (Phi) is 18.3.